The van der Waals surface area contributed by atoms with Gasteiger partial charge in [-0.05, 0) is 19.1 Å². The van der Waals surface area contributed by atoms with Gasteiger partial charge in [0.25, 0.3) is 0 Å². The summed E-state index contributed by atoms with van der Waals surface area (Å²) in [6.45, 7) is 1.77. The Morgan fingerprint density at radius 3 is 2.29 bits per heavy atom. The first-order chi connectivity index (χ1) is 9.97. The standard InChI is InChI=1S/C10H10O4.C6H6O/c1-5-2-7(12)10-8(13)3-6(11)4-9(10)14-5;7-6-4-2-1-3-5-6/h3-5,11,13H,2H2,1H3;1-5,7H. The van der Waals surface area contributed by atoms with E-state index in [1.54, 1.807) is 31.2 Å². The van der Waals surface area contributed by atoms with E-state index in [2.05, 4.69) is 0 Å². The smallest absolute Gasteiger partial charge is 0.174 e. The average molecular weight is 288 g/mol. The van der Waals surface area contributed by atoms with E-state index < -0.39 is 0 Å². The summed E-state index contributed by atoms with van der Waals surface area (Å²) < 4.78 is 5.32. The highest BCUT2D eigenvalue weighted by atomic mass is 16.5. The van der Waals surface area contributed by atoms with Gasteiger partial charge in [-0.25, -0.2) is 0 Å². The van der Waals surface area contributed by atoms with Gasteiger partial charge in [0, 0.05) is 18.6 Å². The zero-order valence-electron chi connectivity index (χ0n) is 11.5. The molecule has 5 heteroatoms. The highest BCUT2D eigenvalue weighted by molar-refractivity contribution is 6.02. The van der Waals surface area contributed by atoms with Gasteiger partial charge in [0.05, 0.1) is 0 Å². The lowest BCUT2D eigenvalue weighted by Gasteiger charge is -2.22. The van der Waals surface area contributed by atoms with E-state index in [-0.39, 0.29) is 41.1 Å². The number of hydrogen-bond acceptors (Lipinski definition) is 5. The van der Waals surface area contributed by atoms with Crippen molar-refractivity contribution in [2.45, 2.75) is 19.4 Å². The topological polar surface area (TPSA) is 87.0 Å². The summed E-state index contributed by atoms with van der Waals surface area (Å²) in [7, 11) is 0. The third kappa shape index (κ3) is 3.66. The molecule has 0 saturated heterocycles. The molecular weight excluding hydrogens is 272 g/mol. The van der Waals surface area contributed by atoms with Gasteiger partial charge in [-0.1, -0.05) is 18.2 Å². The summed E-state index contributed by atoms with van der Waals surface area (Å²) >= 11 is 0. The average Bonchev–Trinajstić information content (AvgIpc) is 2.38. The van der Waals surface area contributed by atoms with E-state index in [1.807, 2.05) is 6.07 Å². The minimum Gasteiger partial charge on any atom is -0.508 e. The first-order valence-electron chi connectivity index (χ1n) is 6.47. The number of carbonyl (C=O) groups excluding carboxylic acids is 1. The summed E-state index contributed by atoms with van der Waals surface area (Å²) in [5, 5.41) is 27.3. The maximum absolute atomic E-state index is 11.5. The van der Waals surface area contributed by atoms with Crippen LogP contribution in [-0.2, 0) is 0 Å². The Bertz CT molecular complexity index is 637. The predicted octanol–water partition coefficient (Wildman–Crippen LogP) is 2.84. The lowest BCUT2D eigenvalue weighted by molar-refractivity contribution is 0.0866. The number of carbonyl (C=O) groups is 1. The van der Waals surface area contributed by atoms with Crippen molar-refractivity contribution in [3.05, 3.63) is 48.0 Å². The Labute approximate surface area is 122 Å². The second kappa shape index (κ2) is 6.17. The largest absolute Gasteiger partial charge is 0.508 e. The van der Waals surface area contributed by atoms with Crippen molar-refractivity contribution in [2.75, 3.05) is 0 Å². The summed E-state index contributed by atoms with van der Waals surface area (Å²) in [6.07, 6.45) is 0.0434. The van der Waals surface area contributed by atoms with Gasteiger partial charge in [0.2, 0.25) is 0 Å². The lowest BCUT2D eigenvalue weighted by atomic mass is 10.0. The fourth-order valence-electron chi connectivity index (χ4n) is 2.01. The van der Waals surface area contributed by atoms with Crippen LogP contribution in [0.25, 0.3) is 0 Å². The molecule has 2 aromatic rings. The van der Waals surface area contributed by atoms with Crippen molar-refractivity contribution in [2.24, 2.45) is 0 Å². The Morgan fingerprint density at radius 1 is 1.05 bits per heavy atom. The van der Waals surface area contributed by atoms with E-state index >= 15 is 0 Å². The molecule has 0 bridgehead atoms. The normalized spacial score (nSPS) is 16.2. The third-order valence-corrected chi connectivity index (χ3v) is 2.90. The van der Waals surface area contributed by atoms with Crippen molar-refractivity contribution in [3.63, 3.8) is 0 Å². The number of benzene rings is 2. The molecule has 1 heterocycles. The number of ketones is 1. The molecule has 0 saturated carbocycles. The van der Waals surface area contributed by atoms with Crippen LogP contribution in [0.1, 0.15) is 23.7 Å². The van der Waals surface area contributed by atoms with Crippen LogP contribution in [0.3, 0.4) is 0 Å². The molecule has 0 amide bonds. The van der Waals surface area contributed by atoms with Crippen LogP contribution in [0.2, 0.25) is 0 Å². The van der Waals surface area contributed by atoms with Gasteiger partial charge in [-0.2, -0.15) is 0 Å². The molecule has 3 N–H and O–H groups in total. The number of phenols is 3. The fraction of sp³-hybridized carbons (Fsp3) is 0.188. The molecule has 2 aromatic carbocycles. The van der Waals surface area contributed by atoms with E-state index in [9.17, 15) is 15.0 Å². The van der Waals surface area contributed by atoms with Crippen LogP contribution in [0.5, 0.6) is 23.0 Å². The summed E-state index contributed by atoms with van der Waals surface area (Å²) in [4.78, 5) is 11.5. The van der Waals surface area contributed by atoms with Gasteiger partial charge in [0.1, 0.15) is 34.7 Å². The monoisotopic (exact) mass is 288 g/mol. The SMILES string of the molecule is CC1CC(=O)c2c(O)cc(O)cc2O1.Oc1ccccc1. The quantitative estimate of drug-likeness (QED) is 0.694. The van der Waals surface area contributed by atoms with Gasteiger partial charge in [0.15, 0.2) is 5.78 Å². The molecular formula is C16H16O5. The van der Waals surface area contributed by atoms with Crippen LogP contribution < -0.4 is 4.74 Å². The van der Waals surface area contributed by atoms with Crippen LogP contribution in [0, 0.1) is 0 Å². The zero-order valence-corrected chi connectivity index (χ0v) is 11.5. The molecule has 1 aliphatic heterocycles. The molecule has 0 fully saturated rings. The first kappa shape index (κ1) is 14.7. The summed E-state index contributed by atoms with van der Waals surface area (Å²) in [6, 6.07) is 11.2. The second-order valence-corrected chi connectivity index (χ2v) is 4.73. The Hall–Kier alpha value is -2.69. The number of aromatic hydroxyl groups is 3. The van der Waals surface area contributed by atoms with Crippen LogP contribution in [-0.4, -0.2) is 27.2 Å². The molecule has 3 rings (SSSR count). The van der Waals surface area contributed by atoms with Gasteiger partial charge < -0.3 is 20.1 Å². The minimum absolute atomic E-state index is 0.108. The molecule has 0 aromatic heterocycles. The maximum atomic E-state index is 11.5. The van der Waals surface area contributed by atoms with Gasteiger partial charge in [-0.15, -0.1) is 0 Å². The van der Waals surface area contributed by atoms with Crippen LogP contribution in [0.15, 0.2) is 42.5 Å². The van der Waals surface area contributed by atoms with Gasteiger partial charge in [-0.3, -0.25) is 4.79 Å². The molecule has 110 valence electrons. The third-order valence-electron chi connectivity index (χ3n) is 2.90. The number of fused-ring (bicyclic) bond motifs is 1. The van der Waals surface area contributed by atoms with Crippen molar-refractivity contribution >= 4 is 5.78 Å². The molecule has 1 aliphatic rings. The first-order valence-corrected chi connectivity index (χ1v) is 6.47. The fourth-order valence-corrected chi connectivity index (χ4v) is 2.01. The predicted molar refractivity (Wildman–Crippen MR) is 76.9 cm³/mol. The van der Waals surface area contributed by atoms with Crippen LogP contribution >= 0.6 is 0 Å². The number of rotatable bonds is 0. The number of Topliss-reactive ketones (excluding diaryl/α,β-unsaturated/α-hetero) is 1. The van der Waals surface area contributed by atoms with E-state index in [0.717, 1.165) is 6.07 Å². The molecule has 21 heavy (non-hydrogen) atoms. The van der Waals surface area contributed by atoms with Crippen molar-refractivity contribution in [1.29, 1.82) is 0 Å². The zero-order chi connectivity index (χ0) is 15.4. The van der Waals surface area contributed by atoms with Crippen molar-refractivity contribution in [3.8, 4) is 23.0 Å². The second-order valence-electron chi connectivity index (χ2n) is 4.73. The molecule has 0 spiro atoms. The number of ether oxygens (including phenoxy) is 1. The molecule has 0 radical (unpaired) electrons. The van der Waals surface area contributed by atoms with Crippen molar-refractivity contribution < 1.29 is 24.9 Å². The Morgan fingerprint density at radius 2 is 1.71 bits per heavy atom. The summed E-state index contributed by atoms with van der Waals surface area (Å²) in [5.74, 6) is 0.0880. The lowest BCUT2D eigenvalue weighted by Crippen LogP contribution is -2.23. The van der Waals surface area contributed by atoms with E-state index in [0.29, 0.717) is 5.75 Å². The molecule has 5 nitrogen and oxygen atoms in total. The molecule has 0 aliphatic carbocycles. The highest BCUT2D eigenvalue weighted by Gasteiger charge is 2.27. The summed E-state index contributed by atoms with van der Waals surface area (Å²) in [5.41, 5.74) is 0.168. The minimum atomic E-state index is -0.225. The maximum Gasteiger partial charge on any atom is 0.174 e. The van der Waals surface area contributed by atoms with E-state index in [4.69, 9.17) is 9.84 Å². The molecule has 1 atom stereocenters. The van der Waals surface area contributed by atoms with Crippen LogP contribution in [0.4, 0.5) is 0 Å². The number of phenolic OH excluding ortho intramolecular Hbond substituents is 3. The Balaban J connectivity index is 0.000000194. The molecule has 1 unspecified atom stereocenters. The van der Waals surface area contributed by atoms with Crippen molar-refractivity contribution in [1.82, 2.24) is 0 Å². The number of para-hydroxylation sites is 1. The van der Waals surface area contributed by atoms with Gasteiger partial charge >= 0.3 is 0 Å². The highest BCUT2D eigenvalue weighted by Crippen LogP contribution is 2.37. The number of hydrogen-bond donors (Lipinski definition) is 3. The van der Waals surface area contributed by atoms with E-state index in [1.165, 1.54) is 6.07 Å². The Kier molecular flexibility index (Phi) is 4.33.